The van der Waals surface area contributed by atoms with Gasteiger partial charge in [-0.05, 0) is 23.3 Å². The van der Waals surface area contributed by atoms with Gasteiger partial charge in [0.25, 0.3) is 0 Å². The van der Waals surface area contributed by atoms with Gasteiger partial charge in [-0.25, -0.2) is 9.97 Å². The van der Waals surface area contributed by atoms with E-state index >= 15 is 0 Å². The molecule has 0 aromatic carbocycles. The van der Waals surface area contributed by atoms with Crippen molar-refractivity contribution in [3.05, 3.63) is 54.0 Å². The van der Waals surface area contributed by atoms with Gasteiger partial charge in [-0.3, -0.25) is 0 Å². The second-order valence-electron chi connectivity index (χ2n) is 4.53. The summed E-state index contributed by atoms with van der Waals surface area (Å²) >= 11 is 0. The molecular formula is C15H16N4O. The first kappa shape index (κ1) is 12.6. The number of nitrogens with zero attached hydrogens (tertiary/aromatic N) is 2. The highest BCUT2D eigenvalue weighted by Crippen LogP contribution is 2.15. The quantitative estimate of drug-likeness (QED) is 0.745. The highest BCUT2D eigenvalue weighted by Gasteiger charge is 2.03. The van der Waals surface area contributed by atoms with Gasteiger partial charge in [0.2, 0.25) is 5.88 Å². The van der Waals surface area contributed by atoms with Crippen LogP contribution in [-0.2, 0) is 13.1 Å². The minimum Gasteiger partial charge on any atom is -0.481 e. The van der Waals surface area contributed by atoms with Crippen molar-refractivity contribution < 1.29 is 4.74 Å². The lowest BCUT2D eigenvalue weighted by Crippen LogP contribution is -2.12. The molecule has 0 amide bonds. The molecule has 0 aliphatic rings. The third-order valence-corrected chi connectivity index (χ3v) is 3.19. The van der Waals surface area contributed by atoms with Gasteiger partial charge in [-0.2, -0.15) is 0 Å². The average Bonchev–Trinajstić information content (AvgIpc) is 2.92. The molecule has 0 atom stereocenters. The van der Waals surface area contributed by atoms with Crippen molar-refractivity contribution in [2.24, 2.45) is 0 Å². The molecule has 0 radical (unpaired) electrons. The Morgan fingerprint density at radius 3 is 2.95 bits per heavy atom. The molecule has 0 aliphatic heterocycles. The Kier molecular flexibility index (Phi) is 3.60. The number of methoxy groups -OCH3 is 1. The molecule has 0 bridgehead atoms. The smallest absolute Gasteiger partial charge is 0.212 e. The summed E-state index contributed by atoms with van der Waals surface area (Å²) in [6.07, 6.45) is 5.61. The second kappa shape index (κ2) is 5.71. The van der Waals surface area contributed by atoms with Crippen LogP contribution in [0, 0.1) is 0 Å². The Morgan fingerprint density at radius 2 is 2.15 bits per heavy atom. The Hall–Kier alpha value is -2.40. The van der Waals surface area contributed by atoms with Crippen molar-refractivity contribution in [3.8, 4) is 5.88 Å². The third kappa shape index (κ3) is 2.62. The Labute approximate surface area is 117 Å². The standard InChI is InChI=1S/C15H16N4O/c1-20-14-5-4-11(8-18-14)7-16-9-12-10-19-15-13(12)3-2-6-17-15/h2-6,8,10,16H,7,9H2,1H3,(H,17,19). The molecule has 20 heavy (non-hydrogen) atoms. The van der Waals surface area contributed by atoms with Crippen molar-refractivity contribution in [3.63, 3.8) is 0 Å². The molecule has 2 N–H and O–H groups in total. The van der Waals surface area contributed by atoms with Crippen molar-refractivity contribution in [2.75, 3.05) is 7.11 Å². The van der Waals surface area contributed by atoms with Gasteiger partial charge >= 0.3 is 0 Å². The first-order valence-electron chi connectivity index (χ1n) is 6.47. The Bertz CT molecular complexity index is 690. The summed E-state index contributed by atoms with van der Waals surface area (Å²) in [4.78, 5) is 11.6. The van der Waals surface area contributed by atoms with E-state index in [0.717, 1.165) is 29.7 Å². The number of aromatic nitrogens is 3. The van der Waals surface area contributed by atoms with Gasteiger partial charge < -0.3 is 15.0 Å². The molecule has 3 rings (SSSR count). The van der Waals surface area contributed by atoms with E-state index in [9.17, 15) is 0 Å². The highest BCUT2D eigenvalue weighted by molar-refractivity contribution is 5.79. The number of fused-ring (bicyclic) bond motifs is 1. The van der Waals surface area contributed by atoms with Gasteiger partial charge in [0.1, 0.15) is 5.65 Å². The van der Waals surface area contributed by atoms with Crippen molar-refractivity contribution in [1.29, 1.82) is 0 Å². The second-order valence-corrected chi connectivity index (χ2v) is 4.53. The zero-order valence-corrected chi connectivity index (χ0v) is 11.3. The predicted octanol–water partition coefficient (Wildman–Crippen LogP) is 2.26. The molecule has 0 saturated carbocycles. The van der Waals surface area contributed by atoms with E-state index in [2.05, 4.69) is 26.3 Å². The summed E-state index contributed by atoms with van der Waals surface area (Å²) in [5.41, 5.74) is 3.27. The van der Waals surface area contributed by atoms with Crippen LogP contribution in [0.2, 0.25) is 0 Å². The van der Waals surface area contributed by atoms with Gasteiger partial charge in [-0.1, -0.05) is 6.07 Å². The fourth-order valence-corrected chi connectivity index (χ4v) is 2.14. The molecule has 0 aliphatic carbocycles. The lowest BCUT2D eigenvalue weighted by atomic mass is 10.2. The molecular weight excluding hydrogens is 252 g/mol. The average molecular weight is 268 g/mol. The van der Waals surface area contributed by atoms with Crippen molar-refractivity contribution in [1.82, 2.24) is 20.3 Å². The molecule has 0 saturated heterocycles. The summed E-state index contributed by atoms with van der Waals surface area (Å²) in [6, 6.07) is 7.90. The molecule has 3 heterocycles. The zero-order valence-electron chi connectivity index (χ0n) is 11.3. The largest absolute Gasteiger partial charge is 0.481 e. The van der Waals surface area contributed by atoms with E-state index in [0.29, 0.717) is 5.88 Å². The normalized spacial score (nSPS) is 10.8. The van der Waals surface area contributed by atoms with Crippen LogP contribution in [0.4, 0.5) is 0 Å². The molecule has 3 aromatic rings. The third-order valence-electron chi connectivity index (χ3n) is 3.19. The van der Waals surface area contributed by atoms with Gasteiger partial charge in [0, 0.05) is 43.1 Å². The first-order valence-corrected chi connectivity index (χ1v) is 6.47. The number of rotatable bonds is 5. The van der Waals surface area contributed by atoms with Crippen LogP contribution in [0.15, 0.2) is 42.9 Å². The number of aromatic amines is 1. The van der Waals surface area contributed by atoms with Crippen molar-refractivity contribution in [2.45, 2.75) is 13.1 Å². The van der Waals surface area contributed by atoms with E-state index in [1.807, 2.05) is 30.6 Å². The van der Waals surface area contributed by atoms with Crippen LogP contribution in [0.25, 0.3) is 11.0 Å². The zero-order chi connectivity index (χ0) is 13.8. The summed E-state index contributed by atoms with van der Waals surface area (Å²) in [7, 11) is 1.62. The highest BCUT2D eigenvalue weighted by atomic mass is 16.5. The maximum Gasteiger partial charge on any atom is 0.212 e. The van der Waals surface area contributed by atoms with Crippen LogP contribution in [0.1, 0.15) is 11.1 Å². The van der Waals surface area contributed by atoms with Gasteiger partial charge in [-0.15, -0.1) is 0 Å². The molecule has 102 valence electrons. The summed E-state index contributed by atoms with van der Waals surface area (Å²) in [5, 5.41) is 4.57. The lowest BCUT2D eigenvalue weighted by molar-refractivity contribution is 0.397. The number of H-pyrrole nitrogens is 1. The van der Waals surface area contributed by atoms with E-state index in [1.54, 1.807) is 13.3 Å². The lowest BCUT2D eigenvalue weighted by Gasteiger charge is -2.05. The molecule has 0 fully saturated rings. The van der Waals surface area contributed by atoms with E-state index in [-0.39, 0.29) is 0 Å². The molecule has 0 unspecified atom stereocenters. The summed E-state index contributed by atoms with van der Waals surface area (Å²) in [6.45, 7) is 1.56. The van der Waals surface area contributed by atoms with Crippen LogP contribution in [0.3, 0.4) is 0 Å². The van der Waals surface area contributed by atoms with Gasteiger partial charge in [0.15, 0.2) is 0 Å². The van der Waals surface area contributed by atoms with E-state index < -0.39 is 0 Å². The summed E-state index contributed by atoms with van der Waals surface area (Å²) < 4.78 is 5.04. The van der Waals surface area contributed by atoms with Crippen LogP contribution < -0.4 is 10.1 Å². The van der Waals surface area contributed by atoms with Gasteiger partial charge in [0.05, 0.1) is 7.11 Å². The van der Waals surface area contributed by atoms with E-state index in [1.165, 1.54) is 5.56 Å². The number of pyridine rings is 2. The maximum absolute atomic E-state index is 5.04. The van der Waals surface area contributed by atoms with E-state index in [4.69, 9.17) is 4.74 Å². The minimum atomic E-state index is 0.636. The predicted molar refractivity (Wildman–Crippen MR) is 77.4 cm³/mol. The first-order chi connectivity index (χ1) is 9.86. The fourth-order valence-electron chi connectivity index (χ4n) is 2.14. The molecule has 3 aromatic heterocycles. The number of hydrogen-bond donors (Lipinski definition) is 2. The number of hydrogen-bond acceptors (Lipinski definition) is 4. The minimum absolute atomic E-state index is 0.636. The topological polar surface area (TPSA) is 62.8 Å². The van der Waals surface area contributed by atoms with Crippen LogP contribution >= 0.6 is 0 Å². The molecule has 5 heteroatoms. The molecule has 5 nitrogen and oxygen atoms in total. The number of nitrogens with one attached hydrogen (secondary N) is 2. The SMILES string of the molecule is COc1ccc(CNCc2c[nH]c3ncccc23)cn1. The monoisotopic (exact) mass is 268 g/mol. The Balaban J connectivity index is 1.62. The maximum atomic E-state index is 5.04. The van der Waals surface area contributed by atoms with Crippen molar-refractivity contribution >= 4 is 11.0 Å². The number of ether oxygens (including phenoxy) is 1. The summed E-state index contributed by atoms with van der Waals surface area (Å²) in [5.74, 6) is 0.636. The Morgan fingerprint density at radius 1 is 1.20 bits per heavy atom. The fraction of sp³-hybridized carbons (Fsp3) is 0.200. The molecule has 0 spiro atoms. The van der Waals surface area contributed by atoms with Crippen LogP contribution in [0.5, 0.6) is 5.88 Å². The van der Waals surface area contributed by atoms with Crippen LogP contribution in [-0.4, -0.2) is 22.1 Å².